The van der Waals surface area contributed by atoms with Crippen LogP contribution in [0.25, 0.3) is 0 Å². The Kier molecular flexibility index (Phi) is 8.64. The van der Waals surface area contributed by atoms with Crippen molar-refractivity contribution in [2.45, 2.75) is 53.9 Å². The van der Waals surface area contributed by atoms with Gasteiger partial charge in [-0.25, -0.2) is 0 Å². The predicted molar refractivity (Wildman–Crippen MR) is 72.4 cm³/mol. The summed E-state index contributed by atoms with van der Waals surface area (Å²) >= 11 is 0. The minimum absolute atomic E-state index is 0.169. The monoisotopic (exact) mass is 226 g/mol. The van der Waals surface area contributed by atoms with Gasteiger partial charge in [0.1, 0.15) is 0 Å². The smallest absolute Gasteiger partial charge is 0.0612 e. The van der Waals surface area contributed by atoms with Crippen LogP contribution in [0.15, 0.2) is 12.2 Å². The van der Waals surface area contributed by atoms with Gasteiger partial charge in [-0.15, -0.1) is 0 Å². The Bertz CT molecular complexity index is 184. The summed E-state index contributed by atoms with van der Waals surface area (Å²) in [5, 5.41) is 8.71. The van der Waals surface area contributed by atoms with Gasteiger partial charge in [0, 0.05) is 0 Å². The molecule has 1 heteroatoms. The zero-order chi connectivity index (χ0) is 12.6. The standard InChI is InChI=1S/C15H30O/c1-12(2)9-14(4)11-15(5)10-13(3)7-6-8-16/h6-7,12-16H,8-11H2,1-5H3/b7-6+/t13-,14+,15-/m1/s1. The van der Waals surface area contributed by atoms with E-state index in [9.17, 15) is 0 Å². The van der Waals surface area contributed by atoms with Crippen LogP contribution in [0.5, 0.6) is 0 Å². The fraction of sp³-hybridized carbons (Fsp3) is 0.867. The molecule has 0 aliphatic heterocycles. The molecule has 0 aromatic heterocycles. The molecule has 96 valence electrons. The van der Waals surface area contributed by atoms with Gasteiger partial charge in [-0.1, -0.05) is 46.8 Å². The van der Waals surface area contributed by atoms with Crippen LogP contribution in [-0.2, 0) is 0 Å². The highest BCUT2D eigenvalue weighted by Gasteiger charge is 2.12. The molecule has 0 amide bonds. The van der Waals surface area contributed by atoms with Crippen LogP contribution in [-0.4, -0.2) is 11.7 Å². The molecular formula is C15H30O. The molecule has 0 aliphatic carbocycles. The molecule has 0 radical (unpaired) electrons. The van der Waals surface area contributed by atoms with Crippen molar-refractivity contribution in [3.8, 4) is 0 Å². The molecule has 1 nitrogen and oxygen atoms in total. The summed E-state index contributed by atoms with van der Waals surface area (Å²) in [4.78, 5) is 0. The van der Waals surface area contributed by atoms with E-state index in [-0.39, 0.29) is 6.61 Å². The molecule has 0 saturated carbocycles. The molecule has 0 aliphatic rings. The lowest BCUT2D eigenvalue weighted by molar-refractivity contribution is 0.325. The molecule has 0 aromatic carbocycles. The van der Waals surface area contributed by atoms with Crippen molar-refractivity contribution in [1.82, 2.24) is 0 Å². The van der Waals surface area contributed by atoms with Crippen molar-refractivity contribution in [2.75, 3.05) is 6.61 Å². The van der Waals surface area contributed by atoms with Gasteiger partial charge in [-0.3, -0.25) is 0 Å². The summed E-state index contributed by atoms with van der Waals surface area (Å²) in [7, 11) is 0. The Labute approximate surface area is 102 Å². The van der Waals surface area contributed by atoms with E-state index in [1.165, 1.54) is 19.3 Å². The van der Waals surface area contributed by atoms with Gasteiger partial charge in [-0.2, -0.15) is 0 Å². The summed E-state index contributed by atoms with van der Waals surface area (Å²) < 4.78 is 0. The highest BCUT2D eigenvalue weighted by Crippen LogP contribution is 2.24. The Morgan fingerprint density at radius 3 is 1.94 bits per heavy atom. The molecule has 0 unspecified atom stereocenters. The van der Waals surface area contributed by atoms with Crippen LogP contribution < -0.4 is 0 Å². The second kappa shape index (κ2) is 8.81. The number of rotatable bonds is 8. The molecule has 0 bridgehead atoms. The SMILES string of the molecule is CC(C)C[C@H](C)C[C@H](C)C[C@H](C)/C=C/CO. The number of allylic oxidation sites excluding steroid dienone is 1. The van der Waals surface area contributed by atoms with Crippen LogP contribution in [0.1, 0.15) is 53.9 Å². The average Bonchev–Trinajstić information content (AvgIpc) is 2.12. The topological polar surface area (TPSA) is 20.2 Å². The number of aliphatic hydroxyl groups is 1. The van der Waals surface area contributed by atoms with Crippen molar-refractivity contribution >= 4 is 0 Å². The van der Waals surface area contributed by atoms with Crippen LogP contribution in [0.3, 0.4) is 0 Å². The molecule has 3 atom stereocenters. The molecule has 0 saturated heterocycles. The fourth-order valence-corrected chi connectivity index (χ4v) is 2.69. The molecule has 0 rings (SSSR count). The quantitative estimate of drug-likeness (QED) is 0.613. The van der Waals surface area contributed by atoms with Gasteiger partial charge < -0.3 is 5.11 Å². The van der Waals surface area contributed by atoms with Crippen LogP contribution in [0, 0.1) is 23.7 Å². The van der Waals surface area contributed by atoms with Gasteiger partial charge >= 0.3 is 0 Å². The Morgan fingerprint density at radius 1 is 0.875 bits per heavy atom. The molecule has 16 heavy (non-hydrogen) atoms. The van der Waals surface area contributed by atoms with Crippen molar-refractivity contribution in [2.24, 2.45) is 23.7 Å². The van der Waals surface area contributed by atoms with Crippen molar-refractivity contribution in [3.63, 3.8) is 0 Å². The minimum atomic E-state index is 0.169. The zero-order valence-electron chi connectivity index (χ0n) is 11.7. The van der Waals surface area contributed by atoms with Crippen LogP contribution in [0.2, 0.25) is 0 Å². The maximum absolute atomic E-state index is 8.71. The van der Waals surface area contributed by atoms with Crippen molar-refractivity contribution in [3.05, 3.63) is 12.2 Å². The maximum atomic E-state index is 8.71. The molecule has 0 fully saturated rings. The lowest BCUT2D eigenvalue weighted by Crippen LogP contribution is -2.08. The van der Waals surface area contributed by atoms with Gasteiger partial charge in [0.15, 0.2) is 0 Å². The van der Waals surface area contributed by atoms with Crippen LogP contribution >= 0.6 is 0 Å². The summed E-state index contributed by atoms with van der Waals surface area (Å²) in [5.74, 6) is 3.03. The van der Waals surface area contributed by atoms with Gasteiger partial charge in [-0.05, 0) is 42.9 Å². The lowest BCUT2D eigenvalue weighted by Gasteiger charge is -2.20. The first-order valence-electron chi connectivity index (χ1n) is 6.73. The minimum Gasteiger partial charge on any atom is -0.392 e. The fourth-order valence-electron chi connectivity index (χ4n) is 2.69. The van der Waals surface area contributed by atoms with Crippen LogP contribution in [0.4, 0.5) is 0 Å². The molecular weight excluding hydrogens is 196 g/mol. The van der Waals surface area contributed by atoms with E-state index in [2.05, 4.69) is 40.7 Å². The zero-order valence-corrected chi connectivity index (χ0v) is 11.7. The largest absolute Gasteiger partial charge is 0.392 e. The summed E-state index contributed by atoms with van der Waals surface area (Å²) in [6.07, 6.45) is 7.89. The van der Waals surface area contributed by atoms with Crippen molar-refractivity contribution < 1.29 is 5.11 Å². The highest BCUT2D eigenvalue weighted by atomic mass is 16.2. The normalized spacial score (nSPS) is 17.9. The molecule has 0 heterocycles. The Morgan fingerprint density at radius 2 is 1.44 bits per heavy atom. The first kappa shape index (κ1) is 15.7. The molecule has 0 aromatic rings. The van der Waals surface area contributed by atoms with E-state index in [0.717, 1.165) is 17.8 Å². The first-order valence-corrected chi connectivity index (χ1v) is 6.73. The van der Waals surface area contributed by atoms with Gasteiger partial charge in [0.05, 0.1) is 6.61 Å². The van der Waals surface area contributed by atoms with Crippen molar-refractivity contribution in [1.29, 1.82) is 0 Å². The predicted octanol–water partition coefficient (Wildman–Crippen LogP) is 4.27. The average molecular weight is 226 g/mol. The van der Waals surface area contributed by atoms with E-state index >= 15 is 0 Å². The maximum Gasteiger partial charge on any atom is 0.0612 e. The first-order chi connectivity index (χ1) is 7.45. The van der Waals surface area contributed by atoms with Gasteiger partial charge in [0.25, 0.3) is 0 Å². The Balaban J connectivity index is 3.79. The second-order valence-corrected chi connectivity index (χ2v) is 5.90. The third kappa shape index (κ3) is 8.96. The van der Waals surface area contributed by atoms with E-state index in [0.29, 0.717) is 5.92 Å². The summed E-state index contributed by atoms with van der Waals surface area (Å²) in [6, 6.07) is 0. The third-order valence-electron chi connectivity index (χ3n) is 3.02. The summed E-state index contributed by atoms with van der Waals surface area (Å²) in [6.45, 7) is 11.7. The number of aliphatic hydroxyl groups excluding tert-OH is 1. The number of hydrogen-bond acceptors (Lipinski definition) is 1. The molecule has 0 spiro atoms. The second-order valence-electron chi connectivity index (χ2n) is 5.90. The Hall–Kier alpha value is -0.300. The van der Waals surface area contributed by atoms with E-state index in [1.807, 2.05) is 6.08 Å². The van der Waals surface area contributed by atoms with E-state index < -0.39 is 0 Å². The lowest BCUT2D eigenvalue weighted by atomic mass is 9.86. The summed E-state index contributed by atoms with van der Waals surface area (Å²) in [5.41, 5.74) is 0. The highest BCUT2D eigenvalue weighted by molar-refractivity contribution is 4.86. The van der Waals surface area contributed by atoms with Gasteiger partial charge in [0.2, 0.25) is 0 Å². The van der Waals surface area contributed by atoms with E-state index in [1.54, 1.807) is 0 Å². The number of hydrogen-bond donors (Lipinski definition) is 1. The third-order valence-corrected chi connectivity index (χ3v) is 3.02. The molecule has 1 N–H and O–H groups in total. The van der Waals surface area contributed by atoms with E-state index in [4.69, 9.17) is 5.11 Å².